The second-order valence-electron chi connectivity index (χ2n) is 4.50. The molecule has 16 heavy (non-hydrogen) atoms. The van der Waals surface area contributed by atoms with Gasteiger partial charge >= 0.3 is 0 Å². The van der Waals surface area contributed by atoms with Crippen molar-refractivity contribution in [3.8, 4) is 0 Å². The molecule has 1 aromatic carbocycles. The molecule has 2 aliphatic rings. The summed E-state index contributed by atoms with van der Waals surface area (Å²) in [7, 11) is 0. The normalized spacial score (nSPS) is 22.3. The Morgan fingerprint density at radius 1 is 1.25 bits per heavy atom. The molecule has 1 aromatic rings. The minimum absolute atomic E-state index is 0.123. The Hall–Kier alpha value is -0.900. The van der Waals surface area contributed by atoms with E-state index in [9.17, 15) is 5.11 Å². The van der Waals surface area contributed by atoms with Crippen LogP contribution in [0.25, 0.3) is 0 Å². The summed E-state index contributed by atoms with van der Waals surface area (Å²) in [4.78, 5) is 0. The van der Waals surface area contributed by atoms with Gasteiger partial charge in [0, 0.05) is 12.8 Å². The second-order valence-corrected chi connectivity index (χ2v) is 4.50. The number of hydrogen-bond acceptors (Lipinski definition) is 3. The van der Waals surface area contributed by atoms with Crippen LogP contribution >= 0.6 is 0 Å². The number of hydrogen-bond donors (Lipinski definition) is 1. The summed E-state index contributed by atoms with van der Waals surface area (Å²) in [6, 6.07) is 6.10. The Morgan fingerprint density at radius 3 is 2.81 bits per heavy atom. The molecule has 1 saturated heterocycles. The standard InChI is InChI=1S/C13H16O3/c14-9-11-3-1-2-10-8-13(5-4-12(10)11)15-6-7-16-13/h1-3,14H,4-9H2. The predicted octanol–water partition coefficient (Wildman–Crippen LogP) is 1.41. The number of rotatable bonds is 1. The molecular weight excluding hydrogens is 204 g/mol. The summed E-state index contributed by atoms with van der Waals surface area (Å²) in [6.07, 6.45) is 2.65. The lowest BCUT2D eigenvalue weighted by atomic mass is 9.85. The Labute approximate surface area is 95.0 Å². The molecule has 86 valence electrons. The molecule has 1 fully saturated rings. The van der Waals surface area contributed by atoms with Gasteiger partial charge in [0.2, 0.25) is 0 Å². The average Bonchev–Trinajstić information content (AvgIpc) is 2.76. The SMILES string of the molecule is OCc1cccc2c1CCC1(C2)OCCO1. The van der Waals surface area contributed by atoms with Crippen LogP contribution < -0.4 is 0 Å². The van der Waals surface area contributed by atoms with E-state index in [-0.39, 0.29) is 12.4 Å². The third-order valence-electron chi connectivity index (χ3n) is 3.57. The van der Waals surface area contributed by atoms with E-state index in [1.807, 2.05) is 12.1 Å². The molecular formula is C13H16O3. The minimum Gasteiger partial charge on any atom is -0.392 e. The molecule has 0 unspecified atom stereocenters. The second kappa shape index (κ2) is 3.84. The lowest BCUT2D eigenvalue weighted by Gasteiger charge is -2.33. The average molecular weight is 220 g/mol. The zero-order valence-electron chi connectivity index (χ0n) is 9.24. The Balaban J connectivity index is 1.94. The van der Waals surface area contributed by atoms with E-state index in [2.05, 4.69) is 6.07 Å². The topological polar surface area (TPSA) is 38.7 Å². The van der Waals surface area contributed by atoms with Crippen molar-refractivity contribution in [1.29, 1.82) is 0 Å². The first kappa shape index (κ1) is 10.3. The van der Waals surface area contributed by atoms with Crippen LogP contribution in [-0.2, 0) is 28.9 Å². The Morgan fingerprint density at radius 2 is 2.06 bits per heavy atom. The van der Waals surface area contributed by atoms with Gasteiger partial charge in [-0.3, -0.25) is 0 Å². The van der Waals surface area contributed by atoms with E-state index < -0.39 is 0 Å². The number of aliphatic hydroxyl groups excluding tert-OH is 1. The quantitative estimate of drug-likeness (QED) is 0.777. The minimum atomic E-state index is -0.374. The Bertz CT molecular complexity index is 394. The predicted molar refractivity (Wildman–Crippen MR) is 59.0 cm³/mol. The first-order valence-electron chi connectivity index (χ1n) is 5.81. The van der Waals surface area contributed by atoms with Gasteiger partial charge in [-0.25, -0.2) is 0 Å². The van der Waals surface area contributed by atoms with Crippen molar-refractivity contribution in [3.05, 3.63) is 34.9 Å². The van der Waals surface area contributed by atoms with E-state index in [1.54, 1.807) is 0 Å². The highest BCUT2D eigenvalue weighted by Gasteiger charge is 2.40. The summed E-state index contributed by atoms with van der Waals surface area (Å²) < 4.78 is 11.5. The summed E-state index contributed by atoms with van der Waals surface area (Å²) in [6.45, 7) is 1.53. The van der Waals surface area contributed by atoms with Crippen LogP contribution in [-0.4, -0.2) is 24.1 Å². The van der Waals surface area contributed by atoms with Gasteiger partial charge in [0.25, 0.3) is 0 Å². The Kier molecular flexibility index (Phi) is 2.46. The summed E-state index contributed by atoms with van der Waals surface area (Å²) >= 11 is 0. The van der Waals surface area contributed by atoms with Gasteiger partial charge in [0.05, 0.1) is 19.8 Å². The van der Waals surface area contributed by atoms with Crippen LogP contribution in [0.1, 0.15) is 23.1 Å². The maximum Gasteiger partial charge on any atom is 0.172 e. The van der Waals surface area contributed by atoms with Crippen molar-refractivity contribution >= 4 is 0 Å². The number of ether oxygens (including phenoxy) is 2. The van der Waals surface area contributed by atoms with E-state index in [0.29, 0.717) is 13.2 Å². The lowest BCUT2D eigenvalue weighted by Crippen LogP contribution is -2.37. The molecule has 0 amide bonds. The molecule has 0 bridgehead atoms. The monoisotopic (exact) mass is 220 g/mol. The molecule has 0 atom stereocenters. The van der Waals surface area contributed by atoms with Gasteiger partial charge in [-0.15, -0.1) is 0 Å². The van der Waals surface area contributed by atoms with Crippen molar-refractivity contribution in [1.82, 2.24) is 0 Å². The van der Waals surface area contributed by atoms with E-state index in [0.717, 1.165) is 24.8 Å². The molecule has 3 rings (SSSR count). The van der Waals surface area contributed by atoms with Crippen LogP contribution in [0.15, 0.2) is 18.2 Å². The zero-order chi connectivity index (χ0) is 11.0. The summed E-state index contributed by atoms with van der Waals surface area (Å²) in [5.74, 6) is -0.374. The molecule has 0 aromatic heterocycles. The van der Waals surface area contributed by atoms with Gasteiger partial charge in [0.15, 0.2) is 5.79 Å². The van der Waals surface area contributed by atoms with E-state index in [1.165, 1.54) is 11.1 Å². The highest BCUT2D eigenvalue weighted by Crippen LogP contribution is 2.36. The van der Waals surface area contributed by atoms with Crippen LogP contribution in [0, 0.1) is 0 Å². The number of aliphatic hydroxyl groups is 1. The number of fused-ring (bicyclic) bond motifs is 1. The third kappa shape index (κ3) is 1.56. The largest absolute Gasteiger partial charge is 0.392 e. The van der Waals surface area contributed by atoms with Crippen molar-refractivity contribution in [2.24, 2.45) is 0 Å². The molecule has 3 nitrogen and oxygen atoms in total. The third-order valence-corrected chi connectivity index (χ3v) is 3.57. The fourth-order valence-corrected chi connectivity index (χ4v) is 2.76. The van der Waals surface area contributed by atoms with Crippen LogP contribution in [0.3, 0.4) is 0 Å². The van der Waals surface area contributed by atoms with Crippen LogP contribution in [0.5, 0.6) is 0 Å². The van der Waals surface area contributed by atoms with Gasteiger partial charge in [-0.05, 0) is 23.1 Å². The van der Waals surface area contributed by atoms with Crippen molar-refractivity contribution in [2.75, 3.05) is 13.2 Å². The lowest BCUT2D eigenvalue weighted by molar-refractivity contribution is -0.163. The molecule has 1 heterocycles. The van der Waals surface area contributed by atoms with Gasteiger partial charge < -0.3 is 14.6 Å². The first-order chi connectivity index (χ1) is 7.83. The van der Waals surface area contributed by atoms with E-state index in [4.69, 9.17) is 9.47 Å². The van der Waals surface area contributed by atoms with Crippen molar-refractivity contribution < 1.29 is 14.6 Å². The van der Waals surface area contributed by atoms with E-state index >= 15 is 0 Å². The van der Waals surface area contributed by atoms with Gasteiger partial charge in [-0.1, -0.05) is 18.2 Å². The van der Waals surface area contributed by atoms with Crippen LogP contribution in [0.2, 0.25) is 0 Å². The molecule has 1 spiro atoms. The van der Waals surface area contributed by atoms with Gasteiger partial charge in [0.1, 0.15) is 0 Å². The molecule has 0 saturated carbocycles. The smallest absolute Gasteiger partial charge is 0.172 e. The number of benzene rings is 1. The zero-order valence-corrected chi connectivity index (χ0v) is 9.24. The fraction of sp³-hybridized carbons (Fsp3) is 0.538. The molecule has 1 aliphatic heterocycles. The maximum atomic E-state index is 9.29. The van der Waals surface area contributed by atoms with Gasteiger partial charge in [-0.2, -0.15) is 0 Å². The highest BCUT2D eigenvalue weighted by atomic mass is 16.7. The molecule has 1 aliphatic carbocycles. The van der Waals surface area contributed by atoms with Crippen LogP contribution in [0.4, 0.5) is 0 Å². The summed E-state index contributed by atoms with van der Waals surface area (Å²) in [5.41, 5.74) is 3.60. The van der Waals surface area contributed by atoms with Crippen molar-refractivity contribution in [3.63, 3.8) is 0 Å². The fourth-order valence-electron chi connectivity index (χ4n) is 2.76. The van der Waals surface area contributed by atoms with Crippen molar-refractivity contribution in [2.45, 2.75) is 31.7 Å². The molecule has 0 radical (unpaired) electrons. The maximum absolute atomic E-state index is 9.29. The summed E-state index contributed by atoms with van der Waals surface area (Å²) in [5, 5.41) is 9.29. The molecule has 3 heteroatoms. The highest BCUT2D eigenvalue weighted by molar-refractivity contribution is 5.38. The first-order valence-corrected chi connectivity index (χ1v) is 5.81. The molecule has 1 N–H and O–H groups in total.